The van der Waals surface area contributed by atoms with Crippen molar-refractivity contribution in [3.8, 4) is 5.69 Å². The van der Waals surface area contributed by atoms with Crippen LogP contribution in [0.25, 0.3) is 71.4 Å². The Morgan fingerprint density at radius 3 is 2.00 bits per heavy atom. The first kappa shape index (κ1) is 28.0. The van der Waals surface area contributed by atoms with E-state index in [0.717, 1.165) is 77.3 Å². The van der Waals surface area contributed by atoms with E-state index >= 15 is 0 Å². The number of nitrogens with zero attached hydrogens (tertiary/aromatic N) is 3. The highest BCUT2D eigenvalue weighted by molar-refractivity contribution is 6.24. The standard InChI is InChI=1S/C45H28N4O2/c1-2-12-27(13-3-1)43-46-44(48-45(47-43)35-19-10-17-32-31-16-6-9-22-38(31)51-42(32)35)34-18-11-23-39-41(34)33-25-24-28(26-40(33)50-39)49-36-20-7-4-14-29(36)30-15-5-8-21-37(30)49/h1-26,43H,(H,46,47,48). The molecule has 0 amide bonds. The van der Waals surface area contributed by atoms with Crippen LogP contribution in [0.5, 0.6) is 0 Å². The second-order valence-corrected chi connectivity index (χ2v) is 13.0. The molecule has 0 saturated heterocycles. The molecule has 1 aliphatic heterocycles. The maximum absolute atomic E-state index is 6.61. The summed E-state index contributed by atoms with van der Waals surface area (Å²) in [5.74, 6) is 1.34. The van der Waals surface area contributed by atoms with Crippen LogP contribution in [0.15, 0.2) is 177 Å². The van der Waals surface area contributed by atoms with Crippen molar-refractivity contribution in [1.29, 1.82) is 0 Å². The largest absolute Gasteiger partial charge is 0.456 e. The molecular weight excluding hydrogens is 629 g/mol. The molecule has 51 heavy (non-hydrogen) atoms. The highest BCUT2D eigenvalue weighted by Crippen LogP contribution is 2.38. The minimum atomic E-state index is -0.358. The van der Waals surface area contributed by atoms with Crippen LogP contribution in [0.3, 0.4) is 0 Å². The number of para-hydroxylation sites is 4. The van der Waals surface area contributed by atoms with Gasteiger partial charge < -0.3 is 18.7 Å². The van der Waals surface area contributed by atoms with Gasteiger partial charge in [0.25, 0.3) is 0 Å². The number of hydrogen-bond donors (Lipinski definition) is 1. The van der Waals surface area contributed by atoms with Gasteiger partial charge in [0.05, 0.1) is 16.6 Å². The molecule has 0 bridgehead atoms. The molecule has 0 fully saturated rings. The van der Waals surface area contributed by atoms with Gasteiger partial charge in [0.1, 0.15) is 34.3 Å². The van der Waals surface area contributed by atoms with Gasteiger partial charge in [-0.05, 0) is 48.0 Å². The number of fused-ring (bicyclic) bond motifs is 9. The monoisotopic (exact) mass is 656 g/mol. The van der Waals surface area contributed by atoms with Crippen LogP contribution < -0.4 is 5.32 Å². The lowest BCUT2D eigenvalue weighted by atomic mass is 10.0. The first-order valence-electron chi connectivity index (χ1n) is 17.1. The summed E-state index contributed by atoms with van der Waals surface area (Å²) in [6.45, 7) is 0. The predicted octanol–water partition coefficient (Wildman–Crippen LogP) is 11.1. The van der Waals surface area contributed by atoms with E-state index in [1.54, 1.807) is 0 Å². The van der Waals surface area contributed by atoms with Gasteiger partial charge in [-0.3, -0.25) is 0 Å². The van der Waals surface area contributed by atoms with Crippen molar-refractivity contribution in [3.63, 3.8) is 0 Å². The number of nitrogens with one attached hydrogen (secondary N) is 1. The Balaban J connectivity index is 1.11. The van der Waals surface area contributed by atoms with E-state index in [2.05, 4.69) is 119 Å². The summed E-state index contributed by atoms with van der Waals surface area (Å²) in [5, 5.41) is 10.2. The van der Waals surface area contributed by atoms with Gasteiger partial charge in [-0.25, -0.2) is 9.98 Å². The first-order chi connectivity index (χ1) is 25.3. The van der Waals surface area contributed by atoms with Crippen LogP contribution in [0, 0.1) is 0 Å². The molecule has 1 unspecified atom stereocenters. The minimum Gasteiger partial charge on any atom is -0.456 e. The summed E-state index contributed by atoms with van der Waals surface area (Å²) in [6.07, 6.45) is -0.358. The first-order valence-corrected chi connectivity index (χ1v) is 17.1. The van der Waals surface area contributed by atoms with Crippen molar-refractivity contribution in [2.75, 3.05) is 0 Å². The Hall–Kier alpha value is -6.92. The molecule has 240 valence electrons. The quantitative estimate of drug-likeness (QED) is 0.205. The summed E-state index contributed by atoms with van der Waals surface area (Å²) in [5.41, 5.74) is 9.44. The average molecular weight is 657 g/mol. The van der Waals surface area contributed by atoms with E-state index in [1.807, 2.05) is 48.5 Å². The fourth-order valence-corrected chi connectivity index (χ4v) is 7.79. The Morgan fingerprint density at radius 1 is 0.510 bits per heavy atom. The predicted molar refractivity (Wildman–Crippen MR) is 207 cm³/mol. The fraction of sp³-hybridized carbons (Fsp3) is 0.0222. The van der Waals surface area contributed by atoms with Crippen molar-refractivity contribution in [2.24, 2.45) is 9.98 Å². The van der Waals surface area contributed by atoms with E-state index in [9.17, 15) is 0 Å². The van der Waals surface area contributed by atoms with Crippen LogP contribution in [0.2, 0.25) is 0 Å². The normalized spacial score (nSPS) is 14.9. The number of furan rings is 2. The molecule has 1 N–H and O–H groups in total. The Labute approximate surface area is 291 Å². The zero-order valence-corrected chi connectivity index (χ0v) is 27.2. The lowest BCUT2D eigenvalue weighted by Gasteiger charge is -2.24. The molecule has 0 spiro atoms. The molecule has 0 aliphatic carbocycles. The molecule has 0 saturated carbocycles. The zero-order chi connectivity index (χ0) is 33.5. The Kier molecular flexibility index (Phi) is 5.92. The van der Waals surface area contributed by atoms with Crippen LogP contribution in [-0.2, 0) is 0 Å². The Bertz CT molecular complexity index is 3020. The second kappa shape index (κ2) is 10.8. The van der Waals surface area contributed by atoms with Gasteiger partial charge in [-0.15, -0.1) is 0 Å². The van der Waals surface area contributed by atoms with Crippen LogP contribution in [-0.4, -0.2) is 16.2 Å². The average Bonchev–Trinajstić information content (AvgIpc) is 3.87. The minimum absolute atomic E-state index is 0.358. The number of amidine groups is 2. The molecule has 10 aromatic rings. The van der Waals surface area contributed by atoms with Crippen LogP contribution >= 0.6 is 0 Å². The van der Waals surface area contributed by atoms with Gasteiger partial charge in [0.15, 0.2) is 5.84 Å². The molecule has 4 heterocycles. The SMILES string of the molecule is c1ccc(C2N=C(c3cccc4oc5cc(-n6c7ccccc7c7ccccc76)ccc5c34)N=C(c3cccc4c3oc3ccccc34)N2)cc1. The molecule has 1 atom stereocenters. The van der Waals surface area contributed by atoms with E-state index in [-0.39, 0.29) is 6.17 Å². The number of aliphatic imine (C=N–C) groups is 2. The second-order valence-electron chi connectivity index (χ2n) is 13.0. The molecular formula is C45H28N4O2. The lowest BCUT2D eigenvalue weighted by Crippen LogP contribution is -2.33. The number of rotatable bonds is 4. The molecule has 1 aliphatic rings. The smallest absolute Gasteiger partial charge is 0.160 e. The Morgan fingerprint density at radius 2 is 1.18 bits per heavy atom. The third-order valence-corrected chi connectivity index (χ3v) is 10.1. The van der Waals surface area contributed by atoms with Crippen molar-refractivity contribution >= 4 is 77.4 Å². The van der Waals surface area contributed by atoms with Gasteiger partial charge in [0.2, 0.25) is 0 Å². The maximum Gasteiger partial charge on any atom is 0.160 e. The van der Waals surface area contributed by atoms with Crippen molar-refractivity contribution < 1.29 is 8.83 Å². The highest BCUT2D eigenvalue weighted by atomic mass is 16.3. The van der Waals surface area contributed by atoms with E-state index in [1.165, 1.54) is 10.8 Å². The van der Waals surface area contributed by atoms with Crippen molar-refractivity contribution in [3.05, 3.63) is 174 Å². The summed E-state index contributed by atoms with van der Waals surface area (Å²) in [6, 6.07) is 54.4. The molecule has 0 radical (unpaired) electrons. The summed E-state index contributed by atoms with van der Waals surface area (Å²) in [4.78, 5) is 10.5. The van der Waals surface area contributed by atoms with Gasteiger partial charge in [-0.2, -0.15) is 0 Å². The topological polar surface area (TPSA) is 68.0 Å². The van der Waals surface area contributed by atoms with E-state index in [4.69, 9.17) is 18.8 Å². The van der Waals surface area contributed by atoms with Gasteiger partial charge in [0, 0.05) is 49.6 Å². The summed E-state index contributed by atoms with van der Waals surface area (Å²) >= 11 is 0. The van der Waals surface area contributed by atoms with Gasteiger partial charge >= 0.3 is 0 Å². The summed E-state index contributed by atoms with van der Waals surface area (Å²) < 4.78 is 15.4. The van der Waals surface area contributed by atoms with Crippen LogP contribution in [0.1, 0.15) is 22.9 Å². The molecule has 7 aromatic carbocycles. The fourth-order valence-electron chi connectivity index (χ4n) is 7.79. The zero-order valence-electron chi connectivity index (χ0n) is 27.2. The van der Waals surface area contributed by atoms with Gasteiger partial charge in [-0.1, -0.05) is 109 Å². The summed E-state index contributed by atoms with van der Waals surface area (Å²) in [7, 11) is 0. The molecule has 3 aromatic heterocycles. The molecule has 6 heteroatoms. The molecule has 6 nitrogen and oxygen atoms in total. The third-order valence-electron chi connectivity index (χ3n) is 10.1. The lowest BCUT2D eigenvalue weighted by molar-refractivity contribution is 0.659. The maximum atomic E-state index is 6.61. The van der Waals surface area contributed by atoms with E-state index in [0.29, 0.717) is 11.7 Å². The van der Waals surface area contributed by atoms with E-state index < -0.39 is 0 Å². The highest BCUT2D eigenvalue weighted by Gasteiger charge is 2.26. The number of benzene rings is 7. The van der Waals surface area contributed by atoms with Crippen LogP contribution in [0.4, 0.5) is 0 Å². The number of aromatic nitrogens is 1. The third kappa shape index (κ3) is 4.23. The van der Waals surface area contributed by atoms with Crippen molar-refractivity contribution in [1.82, 2.24) is 9.88 Å². The number of hydrogen-bond acceptors (Lipinski definition) is 5. The molecule has 11 rings (SSSR count). The van der Waals surface area contributed by atoms with Crippen molar-refractivity contribution in [2.45, 2.75) is 6.17 Å².